The van der Waals surface area contributed by atoms with Gasteiger partial charge in [0.25, 0.3) is 5.91 Å². The van der Waals surface area contributed by atoms with Crippen molar-refractivity contribution in [2.75, 3.05) is 33.3 Å². The first-order valence-electron chi connectivity index (χ1n) is 6.34. The van der Waals surface area contributed by atoms with Gasteiger partial charge in [0.05, 0.1) is 0 Å². The lowest BCUT2D eigenvalue weighted by Gasteiger charge is -2.28. The van der Waals surface area contributed by atoms with Crippen LogP contribution < -0.4 is 5.32 Å². The molecule has 0 aliphatic carbocycles. The molecule has 0 radical (unpaired) electrons. The second kappa shape index (κ2) is 5.64. The first-order chi connectivity index (χ1) is 7.77. The summed E-state index contributed by atoms with van der Waals surface area (Å²) in [6, 6.07) is 0. The van der Waals surface area contributed by atoms with E-state index >= 15 is 0 Å². The van der Waals surface area contributed by atoms with Crippen LogP contribution in [0.5, 0.6) is 0 Å². The highest BCUT2D eigenvalue weighted by molar-refractivity contribution is 5.80. The lowest BCUT2D eigenvalue weighted by atomic mass is 9.97. The zero-order valence-corrected chi connectivity index (χ0v) is 10.1. The highest BCUT2D eigenvalue weighted by Crippen LogP contribution is 2.17. The Morgan fingerprint density at radius 1 is 1.38 bits per heavy atom. The third kappa shape index (κ3) is 2.95. The Kier molecular flexibility index (Phi) is 4.18. The average molecular weight is 226 g/mol. The van der Waals surface area contributed by atoms with Gasteiger partial charge in [-0.3, -0.25) is 4.79 Å². The topological polar surface area (TPSA) is 41.6 Å². The Bertz CT molecular complexity index is 233. The summed E-state index contributed by atoms with van der Waals surface area (Å²) in [7, 11) is 1.91. The summed E-state index contributed by atoms with van der Waals surface area (Å²) >= 11 is 0. The number of likely N-dealkylation sites (N-methyl/N-ethyl adjacent to an activating group) is 1. The summed E-state index contributed by atoms with van der Waals surface area (Å²) in [5.41, 5.74) is 0. The molecule has 0 aromatic carbocycles. The minimum Gasteiger partial charge on any atom is -0.368 e. The minimum absolute atomic E-state index is 0.160. The summed E-state index contributed by atoms with van der Waals surface area (Å²) in [5.74, 6) is 0.840. The van der Waals surface area contributed by atoms with Crippen LogP contribution in [0.3, 0.4) is 0 Å². The van der Waals surface area contributed by atoms with E-state index in [1.165, 1.54) is 12.8 Å². The van der Waals surface area contributed by atoms with Crippen LogP contribution in [-0.2, 0) is 9.53 Å². The number of ether oxygens (including phenoxy) is 1. The molecule has 92 valence electrons. The molecule has 2 rings (SSSR count). The monoisotopic (exact) mass is 226 g/mol. The van der Waals surface area contributed by atoms with Gasteiger partial charge in [0.2, 0.25) is 0 Å². The van der Waals surface area contributed by atoms with Crippen molar-refractivity contribution in [3.8, 4) is 0 Å². The molecular formula is C12H22N2O2. The fourth-order valence-electron chi connectivity index (χ4n) is 2.56. The number of carbonyl (C=O) groups excluding carboxylic acids is 1. The predicted octanol–water partition coefficient (Wildman–Crippen LogP) is 0.623. The smallest absolute Gasteiger partial charge is 0.251 e. The van der Waals surface area contributed by atoms with E-state index in [-0.39, 0.29) is 12.0 Å². The zero-order chi connectivity index (χ0) is 11.4. The molecule has 1 amide bonds. The standard InChI is InChI=1S/C12H22N2O2/c1-14(9-10-4-6-13-7-5-10)12(15)11-3-2-8-16-11/h10-11,13H,2-9H2,1H3/t11-/m1/s1. The molecule has 0 spiro atoms. The van der Waals surface area contributed by atoms with Crippen molar-refractivity contribution in [1.29, 1.82) is 0 Å². The van der Waals surface area contributed by atoms with Crippen LogP contribution in [0.1, 0.15) is 25.7 Å². The van der Waals surface area contributed by atoms with Crippen LogP contribution in [-0.4, -0.2) is 50.2 Å². The van der Waals surface area contributed by atoms with Crippen molar-refractivity contribution in [1.82, 2.24) is 10.2 Å². The Labute approximate surface area is 97.3 Å². The molecule has 1 N–H and O–H groups in total. The van der Waals surface area contributed by atoms with Gasteiger partial charge in [-0.05, 0) is 44.7 Å². The van der Waals surface area contributed by atoms with Crippen molar-refractivity contribution in [3.63, 3.8) is 0 Å². The maximum atomic E-state index is 12.0. The largest absolute Gasteiger partial charge is 0.368 e. The number of rotatable bonds is 3. The first kappa shape index (κ1) is 11.9. The average Bonchev–Trinajstić information content (AvgIpc) is 2.83. The van der Waals surface area contributed by atoms with Gasteiger partial charge in [-0.1, -0.05) is 0 Å². The van der Waals surface area contributed by atoms with E-state index in [4.69, 9.17) is 4.74 Å². The summed E-state index contributed by atoms with van der Waals surface area (Å²) in [6.07, 6.45) is 4.13. The minimum atomic E-state index is -0.160. The van der Waals surface area contributed by atoms with Crippen molar-refractivity contribution in [2.24, 2.45) is 5.92 Å². The fourth-order valence-corrected chi connectivity index (χ4v) is 2.56. The van der Waals surface area contributed by atoms with E-state index < -0.39 is 0 Å². The third-order valence-electron chi connectivity index (χ3n) is 3.57. The molecule has 2 aliphatic heterocycles. The van der Waals surface area contributed by atoms with Crippen LogP contribution in [0.4, 0.5) is 0 Å². The number of hydrogen-bond donors (Lipinski definition) is 1. The van der Waals surface area contributed by atoms with E-state index in [0.717, 1.165) is 39.1 Å². The molecule has 4 heteroatoms. The van der Waals surface area contributed by atoms with E-state index in [2.05, 4.69) is 5.32 Å². The van der Waals surface area contributed by atoms with Gasteiger partial charge in [0, 0.05) is 20.2 Å². The van der Waals surface area contributed by atoms with Gasteiger partial charge in [-0.25, -0.2) is 0 Å². The van der Waals surface area contributed by atoms with Crippen LogP contribution >= 0.6 is 0 Å². The van der Waals surface area contributed by atoms with Gasteiger partial charge >= 0.3 is 0 Å². The van der Waals surface area contributed by atoms with Crippen LogP contribution in [0, 0.1) is 5.92 Å². The molecule has 0 saturated carbocycles. The summed E-state index contributed by atoms with van der Waals surface area (Å²) in [4.78, 5) is 13.9. The molecule has 2 saturated heterocycles. The third-order valence-corrected chi connectivity index (χ3v) is 3.57. The van der Waals surface area contributed by atoms with Gasteiger partial charge in [-0.2, -0.15) is 0 Å². The molecular weight excluding hydrogens is 204 g/mol. The normalized spacial score (nSPS) is 26.9. The highest BCUT2D eigenvalue weighted by Gasteiger charge is 2.27. The second-order valence-electron chi connectivity index (χ2n) is 4.91. The van der Waals surface area contributed by atoms with Gasteiger partial charge < -0.3 is 15.0 Å². The zero-order valence-electron chi connectivity index (χ0n) is 10.1. The maximum absolute atomic E-state index is 12.0. The van der Waals surface area contributed by atoms with E-state index in [0.29, 0.717) is 5.92 Å². The Morgan fingerprint density at radius 3 is 2.75 bits per heavy atom. The summed E-state index contributed by atoms with van der Waals surface area (Å²) in [5, 5.41) is 3.34. The lowest BCUT2D eigenvalue weighted by molar-refractivity contribution is -0.140. The van der Waals surface area contributed by atoms with Gasteiger partial charge in [-0.15, -0.1) is 0 Å². The van der Waals surface area contributed by atoms with Crippen molar-refractivity contribution < 1.29 is 9.53 Å². The number of hydrogen-bond acceptors (Lipinski definition) is 3. The quantitative estimate of drug-likeness (QED) is 0.767. The Morgan fingerprint density at radius 2 is 2.12 bits per heavy atom. The first-order valence-corrected chi connectivity index (χ1v) is 6.34. The van der Waals surface area contributed by atoms with E-state index in [9.17, 15) is 4.79 Å². The number of amides is 1. The van der Waals surface area contributed by atoms with Crippen molar-refractivity contribution in [3.05, 3.63) is 0 Å². The predicted molar refractivity (Wildman–Crippen MR) is 62.2 cm³/mol. The number of nitrogens with zero attached hydrogens (tertiary/aromatic N) is 1. The Hall–Kier alpha value is -0.610. The van der Waals surface area contributed by atoms with Gasteiger partial charge in [0.15, 0.2) is 0 Å². The lowest BCUT2D eigenvalue weighted by Crippen LogP contribution is -2.41. The van der Waals surface area contributed by atoms with Crippen LogP contribution in [0.25, 0.3) is 0 Å². The molecule has 2 heterocycles. The molecule has 1 atom stereocenters. The molecule has 16 heavy (non-hydrogen) atoms. The summed E-state index contributed by atoms with van der Waals surface area (Å²) in [6.45, 7) is 3.82. The molecule has 2 aliphatic rings. The molecule has 0 aromatic rings. The maximum Gasteiger partial charge on any atom is 0.251 e. The van der Waals surface area contributed by atoms with E-state index in [1.54, 1.807) is 0 Å². The highest BCUT2D eigenvalue weighted by atomic mass is 16.5. The number of carbonyl (C=O) groups is 1. The van der Waals surface area contributed by atoms with Crippen molar-refractivity contribution in [2.45, 2.75) is 31.8 Å². The van der Waals surface area contributed by atoms with Gasteiger partial charge in [0.1, 0.15) is 6.10 Å². The van der Waals surface area contributed by atoms with Crippen LogP contribution in [0.2, 0.25) is 0 Å². The van der Waals surface area contributed by atoms with Crippen LogP contribution in [0.15, 0.2) is 0 Å². The number of piperidine rings is 1. The molecule has 0 aromatic heterocycles. The molecule has 0 bridgehead atoms. The molecule has 2 fully saturated rings. The van der Waals surface area contributed by atoms with E-state index in [1.807, 2.05) is 11.9 Å². The van der Waals surface area contributed by atoms with Crippen molar-refractivity contribution >= 4 is 5.91 Å². The Balaban J connectivity index is 1.77. The second-order valence-corrected chi connectivity index (χ2v) is 4.91. The fraction of sp³-hybridized carbons (Fsp3) is 0.917. The molecule has 0 unspecified atom stereocenters. The summed E-state index contributed by atoms with van der Waals surface area (Å²) < 4.78 is 5.42. The molecule has 4 nitrogen and oxygen atoms in total. The SMILES string of the molecule is CN(CC1CCNCC1)C(=O)[C@H]1CCCO1. The number of nitrogens with one attached hydrogen (secondary N) is 1.